The predicted octanol–water partition coefficient (Wildman–Crippen LogP) is 3.47. The van der Waals surface area contributed by atoms with Crippen LogP contribution in [0.15, 0.2) is 73.1 Å². The molecule has 4 nitrogen and oxygen atoms in total. The van der Waals surface area contributed by atoms with E-state index in [1.165, 1.54) is 5.69 Å². The summed E-state index contributed by atoms with van der Waals surface area (Å²) in [4.78, 5) is 6.65. The van der Waals surface area contributed by atoms with Crippen LogP contribution < -0.4 is 5.32 Å². The van der Waals surface area contributed by atoms with Crippen molar-refractivity contribution in [1.29, 1.82) is 0 Å². The van der Waals surface area contributed by atoms with Crippen LogP contribution in [0, 0.1) is 0 Å². The Hall–Kier alpha value is -2.66. The van der Waals surface area contributed by atoms with Crippen molar-refractivity contribution in [2.75, 3.05) is 7.05 Å². The highest BCUT2D eigenvalue weighted by atomic mass is 32.1. The van der Waals surface area contributed by atoms with Crippen molar-refractivity contribution in [3.63, 3.8) is 0 Å². The lowest BCUT2D eigenvalue weighted by Crippen LogP contribution is -2.25. The number of nitrogens with zero attached hydrogens (tertiary/aromatic N) is 3. The van der Waals surface area contributed by atoms with Crippen LogP contribution in [0.4, 0.5) is 0 Å². The van der Waals surface area contributed by atoms with Gasteiger partial charge in [-0.25, -0.2) is 0 Å². The second-order valence-corrected chi connectivity index (χ2v) is 6.26. The van der Waals surface area contributed by atoms with Gasteiger partial charge in [-0.15, -0.1) is 0 Å². The topological polar surface area (TPSA) is 33.1 Å². The maximum atomic E-state index is 5.51. The Bertz CT molecular complexity index is 844. The Morgan fingerprint density at radius 3 is 2.54 bits per heavy atom. The normalized spacial score (nSPS) is 20.2. The van der Waals surface area contributed by atoms with E-state index in [9.17, 15) is 0 Å². The minimum absolute atomic E-state index is 0.0288. The fourth-order valence-electron chi connectivity index (χ4n) is 3.29. The molecule has 1 N–H and O–H groups in total. The molecule has 0 saturated carbocycles. The number of pyridine rings is 1. The molecule has 24 heavy (non-hydrogen) atoms. The standard InChI is InChI=1S/C19H18N4S/c1-22-18(17(21-19(22)24)15-10-5-6-12-20-15)16-11-7-13-23(16)14-8-3-2-4-9-14/h2-13,17-18H,1H3,(H,21,24)/t17-,18+/m1/s1. The van der Waals surface area contributed by atoms with Crippen LogP contribution >= 0.6 is 12.2 Å². The molecule has 3 heterocycles. The van der Waals surface area contributed by atoms with Crippen molar-refractivity contribution in [2.24, 2.45) is 0 Å². The van der Waals surface area contributed by atoms with Gasteiger partial charge in [-0.05, 0) is 48.6 Å². The molecule has 0 bridgehead atoms. The first-order valence-electron chi connectivity index (χ1n) is 7.92. The monoisotopic (exact) mass is 334 g/mol. The number of thiocarbonyl (C=S) groups is 1. The molecule has 1 aliphatic rings. The summed E-state index contributed by atoms with van der Waals surface area (Å²) in [7, 11) is 2.03. The molecule has 2 atom stereocenters. The Balaban J connectivity index is 1.80. The number of para-hydroxylation sites is 1. The predicted molar refractivity (Wildman–Crippen MR) is 99.0 cm³/mol. The summed E-state index contributed by atoms with van der Waals surface area (Å²) < 4.78 is 2.22. The first-order valence-corrected chi connectivity index (χ1v) is 8.33. The molecule has 1 saturated heterocycles. The molecule has 5 heteroatoms. The summed E-state index contributed by atoms with van der Waals surface area (Å²) >= 11 is 5.51. The van der Waals surface area contributed by atoms with Crippen LogP contribution in [0.25, 0.3) is 5.69 Å². The van der Waals surface area contributed by atoms with Gasteiger partial charge in [0.05, 0.1) is 17.8 Å². The van der Waals surface area contributed by atoms with E-state index >= 15 is 0 Å². The van der Waals surface area contributed by atoms with E-state index in [2.05, 4.69) is 62.4 Å². The number of benzene rings is 1. The van der Waals surface area contributed by atoms with E-state index in [0.717, 1.165) is 16.5 Å². The van der Waals surface area contributed by atoms with Gasteiger partial charge in [-0.2, -0.15) is 0 Å². The number of aromatic nitrogens is 2. The highest BCUT2D eigenvalue weighted by molar-refractivity contribution is 7.80. The minimum atomic E-state index is 0.0288. The Morgan fingerprint density at radius 2 is 1.79 bits per heavy atom. The molecular weight excluding hydrogens is 316 g/mol. The summed E-state index contributed by atoms with van der Waals surface area (Å²) in [6.07, 6.45) is 3.92. The Kier molecular flexibility index (Phi) is 3.78. The van der Waals surface area contributed by atoms with Crippen LogP contribution in [0.1, 0.15) is 23.5 Å². The number of rotatable bonds is 3. The lowest BCUT2D eigenvalue weighted by molar-refractivity contribution is 0.357. The van der Waals surface area contributed by atoms with Crippen molar-refractivity contribution < 1.29 is 0 Å². The van der Waals surface area contributed by atoms with Crippen LogP contribution in [-0.2, 0) is 0 Å². The van der Waals surface area contributed by atoms with E-state index in [-0.39, 0.29) is 12.1 Å². The summed E-state index contributed by atoms with van der Waals surface area (Å²) in [5.74, 6) is 0. The fourth-order valence-corrected chi connectivity index (χ4v) is 3.53. The molecule has 1 fully saturated rings. The van der Waals surface area contributed by atoms with Crippen molar-refractivity contribution in [3.05, 3.63) is 84.4 Å². The number of likely N-dealkylation sites (N-methyl/N-ethyl adjacent to an activating group) is 1. The molecule has 1 aliphatic heterocycles. The van der Waals surface area contributed by atoms with Crippen LogP contribution in [0.3, 0.4) is 0 Å². The Labute approximate surface area is 146 Å². The fraction of sp³-hybridized carbons (Fsp3) is 0.158. The van der Waals surface area contributed by atoms with Gasteiger partial charge in [0.2, 0.25) is 0 Å². The summed E-state index contributed by atoms with van der Waals surface area (Å²) in [6, 6.07) is 20.7. The van der Waals surface area contributed by atoms with Gasteiger partial charge in [0.15, 0.2) is 5.11 Å². The van der Waals surface area contributed by atoms with Crippen LogP contribution in [0.2, 0.25) is 0 Å². The van der Waals surface area contributed by atoms with Gasteiger partial charge in [0, 0.05) is 30.8 Å². The summed E-state index contributed by atoms with van der Waals surface area (Å²) in [5, 5.41) is 4.17. The van der Waals surface area contributed by atoms with Gasteiger partial charge < -0.3 is 14.8 Å². The smallest absolute Gasteiger partial charge is 0.169 e. The molecule has 4 rings (SSSR count). The number of hydrogen-bond acceptors (Lipinski definition) is 2. The number of nitrogens with one attached hydrogen (secondary N) is 1. The third-order valence-corrected chi connectivity index (χ3v) is 4.86. The zero-order valence-electron chi connectivity index (χ0n) is 13.3. The molecule has 2 aromatic heterocycles. The highest BCUT2D eigenvalue weighted by Crippen LogP contribution is 2.38. The third kappa shape index (κ3) is 2.47. The minimum Gasteiger partial charge on any atom is -0.352 e. The molecule has 0 radical (unpaired) electrons. The quantitative estimate of drug-likeness (QED) is 0.744. The molecule has 3 aromatic rings. The van der Waals surface area contributed by atoms with Crippen molar-refractivity contribution >= 4 is 17.3 Å². The average Bonchev–Trinajstić information content (AvgIpc) is 3.22. The van der Waals surface area contributed by atoms with Crippen molar-refractivity contribution in [2.45, 2.75) is 12.1 Å². The lowest BCUT2D eigenvalue weighted by Gasteiger charge is -2.25. The van der Waals surface area contributed by atoms with Gasteiger partial charge >= 0.3 is 0 Å². The Morgan fingerprint density at radius 1 is 1.00 bits per heavy atom. The zero-order chi connectivity index (χ0) is 16.5. The largest absolute Gasteiger partial charge is 0.352 e. The molecule has 0 spiro atoms. The summed E-state index contributed by atoms with van der Waals surface area (Å²) in [5.41, 5.74) is 3.32. The van der Waals surface area contributed by atoms with Gasteiger partial charge in [-0.3, -0.25) is 4.98 Å². The average molecular weight is 334 g/mol. The highest BCUT2D eigenvalue weighted by Gasteiger charge is 2.39. The van der Waals surface area contributed by atoms with Gasteiger partial charge in [0.25, 0.3) is 0 Å². The second kappa shape index (κ2) is 6.09. The zero-order valence-corrected chi connectivity index (χ0v) is 14.1. The maximum absolute atomic E-state index is 5.51. The molecule has 1 aromatic carbocycles. The molecule has 0 aliphatic carbocycles. The van der Waals surface area contributed by atoms with Crippen LogP contribution in [-0.4, -0.2) is 26.6 Å². The molecular formula is C19H18N4S. The first kappa shape index (κ1) is 14.9. The van der Waals surface area contributed by atoms with Gasteiger partial charge in [0.1, 0.15) is 0 Å². The SMILES string of the molecule is CN1C(=S)N[C@H](c2ccccn2)[C@@H]1c1cccn1-c1ccccc1. The van der Waals surface area contributed by atoms with E-state index in [1.54, 1.807) is 0 Å². The lowest BCUT2D eigenvalue weighted by atomic mass is 10.0. The van der Waals surface area contributed by atoms with Crippen LogP contribution in [0.5, 0.6) is 0 Å². The molecule has 0 unspecified atom stereocenters. The molecule has 0 amide bonds. The second-order valence-electron chi connectivity index (χ2n) is 5.88. The van der Waals surface area contributed by atoms with Crippen molar-refractivity contribution in [3.8, 4) is 5.69 Å². The summed E-state index contributed by atoms with van der Waals surface area (Å²) in [6.45, 7) is 0. The van der Waals surface area contributed by atoms with E-state index < -0.39 is 0 Å². The maximum Gasteiger partial charge on any atom is 0.169 e. The van der Waals surface area contributed by atoms with Crippen molar-refractivity contribution in [1.82, 2.24) is 19.8 Å². The van der Waals surface area contributed by atoms with E-state index in [4.69, 9.17) is 12.2 Å². The first-order chi connectivity index (χ1) is 11.8. The van der Waals surface area contributed by atoms with E-state index in [0.29, 0.717) is 0 Å². The van der Waals surface area contributed by atoms with Gasteiger partial charge in [-0.1, -0.05) is 24.3 Å². The molecule has 120 valence electrons. The van der Waals surface area contributed by atoms with E-state index in [1.807, 2.05) is 37.5 Å². The third-order valence-electron chi connectivity index (χ3n) is 4.46. The number of hydrogen-bond donors (Lipinski definition) is 1.